The zero-order chi connectivity index (χ0) is 18.6. The van der Waals surface area contributed by atoms with Crippen LogP contribution in [0.3, 0.4) is 0 Å². The minimum Gasteiger partial charge on any atom is -0.486 e. The highest BCUT2D eigenvalue weighted by molar-refractivity contribution is 6.04. The number of fused-ring (bicyclic) bond motifs is 1. The highest BCUT2D eigenvalue weighted by atomic mass is 19.1. The molecule has 4 rings (SSSR count). The van der Waals surface area contributed by atoms with Crippen molar-refractivity contribution in [2.45, 2.75) is 0 Å². The van der Waals surface area contributed by atoms with Crippen molar-refractivity contribution in [3.63, 3.8) is 0 Å². The molecule has 6 nitrogen and oxygen atoms in total. The van der Waals surface area contributed by atoms with Gasteiger partial charge in [0.1, 0.15) is 24.8 Å². The van der Waals surface area contributed by atoms with E-state index in [9.17, 15) is 9.18 Å². The van der Waals surface area contributed by atoms with Crippen molar-refractivity contribution in [1.82, 2.24) is 4.98 Å². The molecule has 0 unspecified atom stereocenters. The molecule has 7 heteroatoms. The van der Waals surface area contributed by atoms with E-state index in [2.05, 4.69) is 15.6 Å². The van der Waals surface area contributed by atoms with Crippen molar-refractivity contribution >= 4 is 23.1 Å². The molecule has 136 valence electrons. The first-order chi connectivity index (χ1) is 13.2. The summed E-state index contributed by atoms with van der Waals surface area (Å²) < 4.78 is 24.3. The molecule has 0 spiro atoms. The Morgan fingerprint density at radius 1 is 0.963 bits per heavy atom. The fraction of sp³-hybridized carbons (Fsp3) is 0.100. The summed E-state index contributed by atoms with van der Waals surface area (Å²) in [6, 6.07) is 14.4. The summed E-state index contributed by atoms with van der Waals surface area (Å²) in [7, 11) is 0. The number of nitrogens with zero attached hydrogens (tertiary/aromatic N) is 1. The second kappa shape index (κ2) is 7.33. The van der Waals surface area contributed by atoms with Crippen molar-refractivity contribution in [1.29, 1.82) is 0 Å². The summed E-state index contributed by atoms with van der Waals surface area (Å²) in [5.74, 6) is 1.05. The summed E-state index contributed by atoms with van der Waals surface area (Å²) in [4.78, 5) is 16.7. The number of carbonyl (C=O) groups is 1. The lowest BCUT2D eigenvalue weighted by Crippen LogP contribution is -2.16. The Morgan fingerprint density at radius 2 is 1.81 bits per heavy atom. The Labute approximate surface area is 155 Å². The van der Waals surface area contributed by atoms with E-state index in [0.717, 1.165) is 0 Å². The molecule has 0 bridgehead atoms. The first-order valence-electron chi connectivity index (χ1n) is 8.37. The zero-order valence-corrected chi connectivity index (χ0v) is 14.2. The van der Waals surface area contributed by atoms with Crippen molar-refractivity contribution in [2.24, 2.45) is 0 Å². The van der Waals surface area contributed by atoms with Crippen LogP contribution in [0.5, 0.6) is 11.5 Å². The van der Waals surface area contributed by atoms with Crippen molar-refractivity contribution in [2.75, 3.05) is 23.8 Å². The van der Waals surface area contributed by atoms with Crippen LogP contribution in [0, 0.1) is 5.82 Å². The molecule has 1 aromatic heterocycles. The molecule has 27 heavy (non-hydrogen) atoms. The quantitative estimate of drug-likeness (QED) is 0.731. The molecule has 2 heterocycles. The monoisotopic (exact) mass is 365 g/mol. The molecule has 0 radical (unpaired) electrons. The molecule has 1 amide bonds. The summed E-state index contributed by atoms with van der Waals surface area (Å²) in [5.41, 5.74) is 1.56. The molecular weight excluding hydrogens is 349 g/mol. The first kappa shape index (κ1) is 16.8. The van der Waals surface area contributed by atoms with E-state index in [1.165, 1.54) is 18.3 Å². The van der Waals surface area contributed by atoms with Crippen LogP contribution in [0.2, 0.25) is 0 Å². The van der Waals surface area contributed by atoms with Crippen LogP contribution < -0.4 is 20.1 Å². The molecule has 1 aliphatic heterocycles. The summed E-state index contributed by atoms with van der Waals surface area (Å²) in [6.45, 7) is 0.987. The van der Waals surface area contributed by atoms with Gasteiger partial charge in [-0.3, -0.25) is 4.79 Å². The maximum absolute atomic E-state index is 13.3. The van der Waals surface area contributed by atoms with Gasteiger partial charge in [0.2, 0.25) is 0 Å². The predicted octanol–water partition coefficient (Wildman–Crippen LogP) is 3.99. The lowest BCUT2D eigenvalue weighted by Gasteiger charge is -2.19. The van der Waals surface area contributed by atoms with E-state index >= 15 is 0 Å². The van der Waals surface area contributed by atoms with Gasteiger partial charge in [-0.15, -0.1) is 0 Å². The number of amides is 1. The summed E-state index contributed by atoms with van der Waals surface area (Å²) >= 11 is 0. The Balaban J connectivity index is 1.49. The van der Waals surface area contributed by atoms with E-state index in [-0.39, 0.29) is 11.7 Å². The fourth-order valence-corrected chi connectivity index (χ4v) is 2.68. The van der Waals surface area contributed by atoms with Gasteiger partial charge in [0.25, 0.3) is 5.91 Å². The third-order valence-corrected chi connectivity index (χ3v) is 3.92. The van der Waals surface area contributed by atoms with Gasteiger partial charge in [0, 0.05) is 29.2 Å². The number of nitrogens with one attached hydrogen (secondary N) is 2. The molecular formula is C20H16FN3O3. The van der Waals surface area contributed by atoms with Gasteiger partial charge in [-0.1, -0.05) is 6.07 Å². The van der Waals surface area contributed by atoms with E-state index in [1.54, 1.807) is 42.5 Å². The third kappa shape index (κ3) is 3.98. The van der Waals surface area contributed by atoms with E-state index < -0.39 is 0 Å². The second-order valence-corrected chi connectivity index (χ2v) is 5.88. The maximum atomic E-state index is 13.3. The summed E-state index contributed by atoms with van der Waals surface area (Å²) in [6.07, 6.45) is 1.51. The van der Waals surface area contributed by atoms with Crippen molar-refractivity contribution < 1.29 is 18.7 Å². The molecule has 1 aliphatic rings. The lowest BCUT2D eigenvalue weighted by molar-refractivity contribution is 0.102. The average molecular weight is 365 g/mol. The van der Waals surface area contributed by atoms with E-state index in [0.29, 0.717) is 47.5 Å². The van der Waals surface area contributed by atoms with Crippen molar-refractivity contribution in [3.05, 3.63) is 72.2 Å². The van der Waals surface area contributed by atoms with Crippen LogP contribution in [0.25, 0.3) is 0 Å². The lowest BCUT2D eigenvalue weighted by atomic mass is 10.2. The Bertz CT molecular complexity index is 994. The Hall–Kier alpha value is -3.61. The van der Waals surface area contributed by atoms with Crippen molar-refractivity contribution in [3.8, 4) is 11.5 Å². The van der Waals surface area contributed by atoms with Gasteiger partial charge in [-0.05, 0) is 42.5 Å². The zero-order valence-electron chi connectivity index (χ0n) is 14.2. The second-order valence-electron chi connectivity index (χ2n) is 5.88. The minimum atomic E-state index is -0.354. The number of carbonyl (C=O) groups excluding carboxylic acids is 1. The van der Waals surface area contributed by atoms with Gasteiger partial charge in [-0.2, -0.15) is 0 Å². The molecule has 0 atom stereocenters. The van der Waals surface area contributed by atoms with E-state index in [1.807, 2.05) is 0 Å². The highest BCUT2D eigenvalue weighted by Gasteiger charge is 2.14. The van der Waals surface area contributed by atoms with Crippen LogP contribution in [-0.2, 0) is 0 Å². The maximum Gasteiger partial charge on any atom is 0.255 e. The van der Waals surface area contributed by atoms with Crippen LogP contribution in [0.4, 0.5) is 21.6 Å². The van der Waals surface area contributed by atoms with E-state index in [4.69, 9.17) is 9.47 Å². The number of hydrogen-bond acceptors (Lipinski definition) is 5. The van der Waals surface area contributed by atoms with Crippen LogP contribution >= 0.6 is 0 Å². The number of rotatable bonds is 4. The molecule has 2 N–H and O–H groups in total. The molecule has 0 saturated heterocycles. The molecule has 0 fully saturated rings. The average Bonchev–Trinajstić information content (AvgIpc) is 2.68. The largest absolute Gasteiger partial charge is 0.486 e. The third-order valence-electron chi connectivity index (χ3n) is 3.92. The topological polar surface area (TPSA) is 72.5 Å². The SMILES string of the molecule is O=C(Nc1ccc2c(c1)OCCO2)c1ccnc(Nc2cccc(F)c2)c1. The Morgan fingerprint density at radius 3 is 2.67 bits per heavy atom. The van der Waals surface area contributed by atoms with Gasteiger partial charge >= 0.3 is 0 Å². The molecule has 0 aliphatic carbocycles. The predicted molar refractivity (Wildman–Crippen MR) is 99.3 cm³/mol. The minimum absolute atomic E-state index is 0.295. The van der Waals surface area contributed by atoms with Gasteiger partial charge in [-0.25, -0.2) is 9.37 Å². The van der Waals surface area contributed by atoms with Crippen LogP contribution in [-0.4, -0.2) is 24.1 Å². The summed E-state index contributed by atoms with van der Waals surface area (Å²) in [5, 5.41) is 5.80. The highest BCUT2D eigenvalue weighted by Crippen LogP contribution is 2.32. The number of aromatic nitrogens is 1. The standard InChI is InChI=1S/C20H16FN3O3/c21-14-2-1-3-15(11-14)23-19-10-13(6-7-22-19)20(25)24-16-4-5-17-18(12-16)27-9-8-26-17/h1-7,10-12H,8-9H2,(H,22,23)(H,24,25). The first-order valence-corrected chi connectivity index (χ1v) is 8.37. The number of pyridine rings is 1. The van der Waals surface area contributed by atoms with Gasteiger partial charge < -0.3 is 20.1 Å². The van der Waals surface area contributed by atoms with Gasteiger partial charge in [0.05, 0.1) is 0 Å². The Kier molecular flexibility index (Phi) is 4.57. The number of ether oxygens (including phenoxy) is 2. The van der Waals surface area contributed by atoms with Crippen LogP contribution in [0.15, 0.2) is 60.8 Å². The molecule has 2 aromatic carbocycles. The normalized spacial score (nSPS) is 12.3. The molecule has 0 saturated carbocycles. The smallest absolute Gasteiger partial charge is 0.255 e. The fourth-order valence-electron chi connectivity index (χ4n) is 2.68. The number of benzene rings is 2. The van der Waals surface area contributed by atoms with Gasteiger partial charge in [0.15, 0.2) is 11.5 Å². The van der Waals surface area contributed by atoms with Crippen LogP contribution in [0.1, 0.15) is 10.4 Å². The number of hydrogen-bond donors (Lipinski definition) is 2. The molecule has 3 aromatic rings. The number of halogens is 1. The number of anilines is 3.